The van der Waals surface area contributed by atoms with E-state index in [0.29, 0.717) is 0 Å². The Kier molecular flexibility index (Phi) is 7.43. The van der Waals surface area contributed by atoms with Gasteiger partial charge in [0, 0.05) is 0 Å². The molecule has 1 aromatic rings. The van der Waals surface area contributed by atoms with Crippen molar-refractivity contribution in [3.05, 3.63) is 29.8 Å². The zero-order valence-corrected chi connectivity index (χ0v) is 11.0. The average molecular weight is 236 g/mol. The Labute approximate surface area is 105 Å². The summed E-state index contributed by atoms with van der Waals surface area (Å²) in [5, 5.41) is 6.76. The monoisotopic (exact) mass is 236 g/mol. The number of benzene rings is 1. The van der Waals surface area contributed by atoms with Crippen LogP contribution in [0, 0.1) is 0 Å². The zero-order valence-electron chi connectivity index (χ0n) is 11.0. The third-order valence-electron chi connectivity index (χ3n) is 2.68. The van der Waals surface area contributed by atoms with E-state index in [1.165, 1.54) is 12.0 Å². The molecule has 0 radical (unpaired) electrons. The molecular weight excluding hydrogens is 212 g/mol. The van der Waals surface area contributed by atoms with Crippen molar-refractivity contribution in [3.63, 3.8) is 0 Å². The van der Waals surface area contributed by atoms with Crippen molar-refractivity contribution in [2.75, 3.05) is 33.3 Å². The Bertz CT molecular complexity index is 302. The van der Waals surface area contributed by atoms with Crippen molar-refractivity contribution in [1.82, 2.24) is 10.6 Å². The molecule has 0 fully saturated rings. The predicted molar refractivity (Wildman–Crippen MR) is 72.7 cm³/mol. The average Bonchev–Trinajstić information content (AvgIpc) is 2.38. The van der Waals surface area contributed by atoms with Gasteiger partial charge in [0.05, 0.1) is 7.11 Å². The summed E-state index contributed by atoms with van der Waals surface area (Å²) >= 11 is 0. The van der Waals surface area contributed by atoms with Crippen LogP contribution >= 0.6 is 0 Å². The van der Waals surface area contributed by atoms with Crippen LogP contribution in [0.15, 0.2) is 24.3 Å². The molecule has 1 rings (SSSR count). The molecule has 0 atom stereocenters. The Morgan fingerprint density at radius 1 is 1.12 bits per heavy atom. The van der Waals surface area contributed by atoms with E-state index in [0.717, 1.165) is 38.3 Å². The third kappa shape index (κ3) is 6.29. The zero-order chi connectivity index (χ0) is 12.3. The standard InChI is InChI=1S/C14H24N2O/c1-3-15-9-5-10-16-11-8-13-6-4-7-14(12-13)17-2/h4,6-7,12,15-16H,3,5,8-11H2,1-2H3. The molecule has 0 amide bonds. The lowest BCUT2D eigenvalue weighted by Gasteiger charge is -2.06. The van der Waals surface area contributed by atoms with Crippen molar-refractivity contribution in [1.29, 1.82) is 0 Å². The lowest BCUT2D eigenvalue weighted by Crippen LogP contribution is -2.23. The maximum atomic E-state index is 5.20. The highest BCUT2D eigenvalue weighted by atomic mass is 16.5. The van der Waals surface area contributed by atoms with Gasteiger partial charge in [-0.3, -0.25) is 0 Å². The summed E-state index contributed by atoms with van der Waals surface area (Å²) in [4.78, 5) is 0. The minimum Gasteiger partial charge on any atom is -0.497 e. The summed E-state index contributed by atoms with van der Waals surface area (Å²) < 4.78 is 5.20. The van der Waals surface area contributed by atoms with E-state index < -0.39 is 0 Å². The second-order valence-electron chi connectivity index (χ2n) is 4.06. The first-order valence-electron chi connectivity index (χ1n) is 6.41. The fourth-order valence-electron chi connectivity index (χ4n) is 1.70. The van der Waals surface area contributed by atoms with Crippen LogP contribution in [0.4, 0.5) is 0 Å². The first kappa shape index (κ1) is 14.0. The topological polar surface area (TPSA) is 33.3 Å². The first-order valence-corrected chi connectivity index (χ1v) is 6.41. The molecule has 0 spiro atoms. The van der Waals surface area contributed by atoms with Crippen LogP contribution < -0.4 is 15.4 Å². The fourth-order valence-corrected chi connectivity index (χ4v) is 1.70. The molecule has 0 aliphatic carbocycles. The molecule has 0 saturated heterocycles. The van der Waals surface area contributed by atoms with Gasteiger partial charge in [-0.2, -0.15) is 0 Å². The highest BCUT2D eigenvalue weighted by Crippen LogP contribution is 2.12. The molecule has 0 aromatic heterocycles. The normalized spacial score (nSPS) is 10.5. The fraction of sp³-hybridized carbons (Fsp3) is 0.571. The summed E-state index contributed by atoms with van der Waals surface area (Å²) in [6.45, 7) is 6.40. The minimum atomic E-state index is 0.939. The Morgan fingerprint density at radius 2 is 1.94 bits per heavy atom. The smallest absolute Gasteiger partial charge is 0.119 e. The van der Waals surface area contributed by atoms with Crippen LogP contribution in [0.3, 0.4) is 0 Å². The summed E-state index contributed by atoms with van der Waals surface area (Å²) in [7, 11) is 1.71. The van der Waals surface area contributed by atoms with Crippen LogP contribution in [0.1, 0.15) is 18.9 Å². The van der Waals surface area contributed by atoms with E-state index >= 15 is 0 Å². The van der Waals surface area contributed by atoms with Gasteiger partial charge in [-0.25, -0.2) is 0 Å². The molecule has 0 unspecified atom stereocenters. The molecule has 96 valence electrons. The number of methoxy groups -OCH3 is 1. The van der Waals surface area contributed by atoms with E-state index in [9.17, 15) is 0 Å². The largest absolute Gasteiger partial charge is 0.497 e. The van der Waals surface area contributed by atoms with E-state index in [1.807, 2.05) is 12.1 Å². The van der Waals surface area contributed by atoms with Crippen LogP contribution in [0.2, 0.25) is 0 Å². The van der Waals surface area contributed by atoms with Crippen molar-refractivity contribution in [2.24, 2.45) is 0 Å². The SMILES string of the molecule is CCNCCCNCCc1cccc(OC)c1. The van der Waals surface area contributed by atoms with Crippen LogP contribution in [0.25, 0.3) is 0 Å². The lowest BCUT2D eigenvalue weighted by atomic mass is 10.1. The molecule has 0 saturated carbocycles. The number of ether oxygens (including phenoxy) is 1. The second kappa shape index (κ2) is 9.02. The maximum absolute atomic E-state index is 5.20. The highest BCUT2D eigenvalue weighted by Gasteiger charge is 1.95. The van der Waals surface area contributed by atoms with E-state index in [2.05, 4.69) is 29.7 Å². The van der Waals surface area contributed by atoms with Gasteiger partial charge in [0.25, 0.3) is 0 Å². The van der Waals surface area contributed by atoms with Crippen molar-refractivity contribution in [3.8, 4) is 5.75 Å². The van der Waals surface area contributed by atoms with Gasteiger partial charge in [0.2, 0.25) is 0 Å². The Balaban J connectivity index is 2.09. The summed E-state index contributed by atoms with van der Waals surface area (Å²) in [6.07, 6.45) is 2.24. The molecule has 2 N–H and O–H groups in total. The molecule has 3 nitrogen and oxygen atoms in total. The van der Waals surface area contributed by atoms with Crippen LogP contribution in [-0.4, -0.2) is 33.3 Å². The van der Waals surface area contributed by atoms with E-state index in [4.69, 9.17) is 4.74 Å². The van der Waals surface area contributed by atoms with E-state index in [-0.39, 0.29) is 0 Å². The van der Waals surface area contributed by atoms with Gasteiger partial charge >= 0.3 is 0 Å². The molecule has 17 heavy (non-hydrogen) atoms. The summed E-state index contributed by atoms with van der Waals surface area (Å²) in [5.41, 5.74) is 1.32. The number of rotatable bonds is 9. The van der Waals surface area contributed by atoms with Gasteiger partial charge < -0.3 is 15.4 Å². The number of nitrogens with one attached hydrogen (secondary N) is 2. The number of hydrogen-bond donors (Lipinski definition) is 2. The van der Waals surface area contributed by atoms with Crippen molar-refractivity contribution >= 4 is 0 Å². The molecular formula is C14H24N2O. The predicted octanol–water partition coefficient (Wildman–Crippen LogP) is 1.83. The third-order valence-corrected chi connectivity index (χ3v) is 2.68. The van der Waals surface area contributed by atoms with Gasteiger partial charge in [-0.15, -0.1) is 0 Å². The highest BCUT2D eigenvalue weighted by molar-refractivity contribution is 5.28. The lowest BCUT2D eigenvalue weighted by molar-refractivity contribution is 0.414. The van der Waals surface area contributed by atoms with Crippen molar-refractivity contribution in [2.45, 2.75) is 19.8 Å². The molecule has 0 aliphatic rings. The van der Waals surface area contributed by atoms with Gasteiger partial charge in [-0.1, -0.05) is 19.1 Å². The van der Waals surface area contributed by atoms with Crippen molar-refractivity contribution < 1.29 is 4.74 Å². The van der Waals surface area contributed by atoms with Gasteiger partial charge in [-0.05, 0) is 56.7 Å². The second-order valence-corrected chi connectivity index (χ2v) is 4.06. The Hall–Kier alpha value is -1.06. The van der Waals surface area contributed by atoms with Gasteiger partial charge in [0.1, 0.15) is 5.75 Å². The summed E-state index contributed by atoms with van der Waals surface area (Å²) in [6, 6.07) is 8.26. The maximum Gasteiger partial charge on any atom is 0.119 e. The van der Waals surface area contributed by atoms with Crippen LogP contribution in [0.5, 0.6) is 5.75 Å². The Morgan fingerprint density at radius 3 is 2.71 bits per heavy atom. The van der Waals surface area contributed by atoms with Gasteiger partial charge in [0.15, 0.2) is 0 Å². The molecule has 0 heterocycles. The molecule has 3 heteroatoms. The quantitative estimate of drug-likeness (QED) is 0.642. The van der Waals surface area contributed by atoms with E-state index in [1.54, 1.807) is 7.11 Å². The molecule has 1 aromatic carbocycles. The summed E-state index contributed by atoms with van der Waals surface area (Å²) in [5.74, 6) is 0.939. The number of hydrogen-bond acceptors (Lipinski definition) is 3. The molecule has 0 bridgehead atoms. The minimum absolute atomic E-state index is 0.939. The molecule has 0 aliphatic heterocycles. The van der Waals surface area contributed by atoms with Crippen LogP contribution in [-0.2, 0) is 6.42 Å². The first-order chi connectivity index (χ1) is 8.36.